The van der Waals surface area contributed by atoms with Crippen LogP contribution in [0.2, 0.25) is 10.0 Å². The van der Waals surface area contributed by atoms with E-state index in [0.717, 1.165) is 17.5 Å². The number of nitrogens with zero attached hydrogens (tertiary/aromatic N) is 1. The number of hydrogen-bond acceptors (Lipinski definition) is 3. The summed E-state index contributed by atoms with van der Waals surface area (Å²) in [6.45, 7) is 4.13. The predicted molar refractivity (Wildman–Crippen MR) is 151 cm³/mol. The van der Waals surface area contributed by atoms with E-state index in [9.17, 15) is 9.59 Å². The number of benzene rings is 3. The number of hydrogen-bond donors (Lipinski definition) is 1. The summed E-state index contributed by atoms with van der Waals surface area (Å²) < 4.78 is 0. The van der Waals surface area contributed by atoms with Gasteiger partial charge in [0.25, 0.3) is 0 Å². The van der Waals surface area contributed by atoms with Crippen molar-refractivity contribution in [2.75, 3.05) is 5.75 Å². The minimum atomic E-state index is -0.710. The lowest BCUT2D eigenvalue weighted by molar-refractivity contribution is -0.139. The molecule has 0 fully saturated rings. The standard InChI is InChI=1S/C29H32Cl2N2O2S/c1-3-21(2)32-29(35)27(17-22-11-6-4-7-12-22)33(18-24-25(30)15-10-16-26(24)31)28(34)20-36-19-23-13-8-5-9-14-23/h4-16,21,27H,3,17-20H2,1-2H3,(H,32,35)/t21-,27-/m1/s1. The Labute approximate surface area is 228 Å². The number of carbonyl (C=O) groups excluding carboxylic acids is 2. The van der Waals surface area contributed by atoms with Gasteiger partial charge in [0.15, 0.2) is 0 Å². The van der Waals surface area contributed by atoms with Crippen LogP contribution < -0.4 is 5.32 Å². The molecule has 0 spiro atoms. The summed E-state index contributed by atoms with van der Waals surface area (Å²) in [4.78, 5) is 28.9. The maximum atomic E-state index is 13.7. The fraction of sp³-hybridized carbons (Fsp3) is 0.310. The number of nitrogens with one attached hydrogen (secondary N) is 1. The van der Waals surface area contributed by atoms with E-state index in [1.807, 2.05) is 74.5 Å². The minimum Gasteiger partial charge on any atom is -0.352 e. The van der Waals surface area contributed by atoms with Crippen molar-refractivity contribution in [2.24, 2.45) is 0 Å². The average molecular weight is 544 g/mol. The van der Waals surface area contributed by atoms with Gasteiger partial charge in [0.2, 0.25) is 11.8 Å². The van der Waals surface area contributed by atoms with Crippen molar-refractivity contribution in [2.45, 2.75) is 51.1 Å². The van der Waals surface area contributed by atoms with Gasteiger partial charge in [-0.2, -0.15) is 0 Å². The molecule has 1 N–H and O–H groups in total. The van der Waals surface area contributed by atoms with Crippen molar-refractivity contribution < 1.29 is 9.59 Å². The molecule has 0 radical (unpaired) electrons. The zero-order valence-electron chi connectivity index (χ0n) is 20.6. The van der Waals surface area contributed by atoms with E-state index in [1.165, 1.54) is 11.8 Å². The molecule has 190 valence electrons. The summed E-state index contributed by atoms with van der Waals surface area (Å²) in [5, 5.41) is 4.02. The van der Waals surface area contributed by atoms with Gasteiger partial charge in [-0.3, -0.25) is 9.59 Å². The monoisotopic (exact) mass is 542 g/mol. The van der Waals surface area contributed by atoms with Gasteiger partial charge in [0, 0.05) is 40.4 Å². The lowest BCUT2D eigenvalue weighted by Gasteiger charge is -2.32. The van der Waals surface area contributed by atoms with Crippen LogP contribution in [-0.2, 0) is 28.3 Å². The lowest BCUT2D eigenvalue weighted by Crippen LogP contribution is -2.52. The molecule has 0 aliphatic carbocycles. The van der Waals surface area contributed by atoms with Gasteiger partial charge in [-0.1, -0.05) is 96.9 Å². The van der Waals surface area contributed by atoms with Gasteiger partial charge in [-0.25, -0.2) is 0 Å². The third-order valence-electron chi connectivity index (χ3n) is 6.00. The molecule has 0 unspecified atom stereocenters. The van der Waals surface area contributed by atoms with Gasteiger partial charge in [0.1, 0.15) is 6.04 Å². The zero-order valence-corrected chi connectivity index (χ0v) is 23.0. The highest BCUT2D eigenvalue weighted by atomic mass is 35.5. The number of thioether (sulfide) groups is 1. The molecule has 3 aromatic carbocycles. The van der Waals surface area contributed by atoms with Gasteiger partial charge < -0.3 is 10.2 Å². The average Bonchev–Trinajstić information content (AvgIpc) is 2.88. The fourth-order valence-electron chi connectivity index (χ4n) is 3.76. The highest BCUT2D eigenvalue weighted by Gasteiger charge is 2.31. The summed E-state index contributed by atoms with van der Waals surface area (Å²) in [7, 11) is 0. The normalized spacial score (nSPS) is 12.6. The molecule has 3 rings (SSSR count). The molecular formula is C29H32Cl2N2O2S. The summed E-state index contributed by atoms with van der Waals surface area (Å²) in [5.41, 5.74) is 2.75. The number of halogens is 2. The molecule has 0 heterocycles. The first-order chi connectivity index (χ1) is 17.4. The lowest BCUT2D eigenvalue weighted by atomic mass is 10.0. The third-order valence-corrected chi connectivity index (χ3v) is 7.70. The molecule has 0 aromatic heterocycles. The zero-order chi connectivity index (χ0) is 25.9. The Morgan fingerprint density at radius 2 is 1.47 bits per heavy atom. The highest BCUT2D eigenvalue weighted by molar-refractivity contribution is 7.99. The van der Waals surface area contributed by atoms with E-state index in [4.69, 9.17) is 23.2 Å². The summed E-state index contributed by atoms with van der Waals surface area (Å²) in [6.07, 6.45) is 1.18. The van der Waals surface area contributed by atoms with Gasteiger partial charge in [-0.05, 0) is 36.6 Å². The largest absolute Gasteiger partial charge is 0.352 e. The molecule has 0 aliphatic rings. The van der Waals surface area contributed by atoms with Crippen LogP contribution in [0.4, 0.5) is 0 Å². The van der Waals surface area contributed by atoms with Crippen molar-refractivity contribution in [1.29, 1.82) is 0 Å². The second kappa shape index (κ2) is 14.3. The SMILES string of the molecule is CC[C@@H](C)NC(=O)[C@@H](Cc1ccccc1)N(Cc1c(Cl)cccc1Cl)C(=O)CSCc1ccccc1. The smallest absolute Gasteiger partial charge is 0.243 e. The van der Waals surface area contributed by atoms with Crippen LogP contribution in [0.3, 0.4) is 0 Å². The van der Waals surface area contributed by atoms with Crippen LogP contribution in [0.25, 0.3) is 0 Å². The molecule has 4 nitrogen and oxygen atoms in total. The second-order valence-corrected chi connectivity index (χ2v) is 10.5. The first-order valence-corrected chi connectivity index (χ1v) is 14.0. The molecule has 2 atom stereocenters. The summed E-state index contributed by atoms with van der Waals surface area (Å²) in [6, 6.07) is 24.3. The Hall–Kier alpha value is -2.47. The predicted octanol–water partition coefficient (Wildman–Crippen LogP) is 6.78. The molecule has 3 aromatic rings. The van der Waals surface area contributed by atoms with Crippen LogP contribution in [0, 0.1) is 0 Å². The molecule has 0 bridgehead atoms. The van der Waals surface area contributed by atoms with Crippen molar-refractivity contribution in [3.05, 3.63) is 106 Å². The molecule has 0 saturated carbocycles. The van der Waals surface area contributed by atoms with Crippen LogP contribution in [0.1, 0.15) is 37.0 Å². The molecule has 2 amide bonds. The Kier molecular flexibility index (Phi) is 11.2. The van der Waals surface area contributed by atoms with Gasteiger partial charge >= 0.3 is 0 Å². The Morgan fingerprint density at radius 1 is 0.889 bits per heavy atom. The maximum Gasteiger partial charge on any atom is 0.243 e. The first kappa shape index (κ1) is 28.1. The van der Waals surface area contributed by atoms with Gasteiger partial charge in [0.05, 0.1) is 5.75 Å². The van der Waals surface area contributed by atoms with Crippen molar-refractivity contribution in [3.63, 3.8) is 0 Å². The number of carbonyl (C=O) groups is 2. The van der Waals surface area contributed by atoms with Crippen LogP contribution in [-0.4, -0.2) is 34.6 Å². The Morgan fingerprint density at radius 3 is 2.06 bits per heavy atom. The van der Waals surface area contributed by atoms with Crippen LogP contribution in [0.15, 0.2) is 78.9 Å². The summed E-state index contributed by atoms with van der Waals surface area (Å²) >= 11 is 14.5. The second-order valence-electron chi connectivity index (χ2n) is 8.72. The number of amides is 2. The Balaban J connectivity index is 1.91. The van der Waals surface area contributed by atoms with E-state index in [2.05, 4.69) is 5.32 Å². The topological polar surface area (TPSA) is 49.4 Å². The highest BCUT2D eigenvalue weighted by Crippen LogP contribution is 2.28. The third kappa shape index (κ3) is 8.29. The van der Waals surface area contributed by atoms with E-state index in [0.29, 0.717) is 27.8 Å². The van der Waals surface area contributed by atoms with Crippen LogP contribution >= 0.6 is 35.0 Å². The van der Waals surface area contributed by atoms with Crippen molar-refractivity contribution >= 4 is 46.8 Å². The molecular weight excluding hydrogens is 511 g/mol. The quantitative estimate of drug-likeness (QED) is 0.274. The summed E-state index contributed by atoms with van der Waals surface area (Å²) in [5.74, 6) is 0.624. The minimum absolute atomic E-state index is 0.0101. The molecule has 0 saturated heterocycles. The van der Waals surface area contributed by atoms with Crippen molar-refractivity contribution in [3.8, 4) is 0 Å². The van der Waals surface area contributed by atoms with E-state index < -0.39 is 6.04 Å². The molecule has 0 aliphatic heterocycles. The number of rotatable bonds is 12. The van der Waals surface area contributed by atoms with E-state index in [-0.39, 0.29) is 30.2 Å². The Bertz CT molecular complexity index is 1110. The molecule has 7 heteroatoms. The fourth-order valence-corrected chi connectivity index (χ4v) is 5.15. The first-order valence-electron chi connectivity index (χ1n) is 12.1. The van der Waals surface area contributed by atoms with Crippen molar-refractivity contribution in [1.82, 2.24) is 10.2 Å². The maximum absolute atomic E-state index is 13.7. The van der Waals surface area contributed by atoms with E-state index in [1.54, 1.807) is 23.1 Å². The van der Waals surface area contributed by atoms with Crippen LogP contribution in [0.5, 0.6) is 0 Å². The van der Waals surface area contributed by atoms with Gasteiger partial charge in [-0.15, -0.1) is 11.8 Å². The van der Waals surface area contributed by atoms with E-state index >= 15 is 0 Å². The molecule has 36 heavy (non-hydrogen) atoms.